The van der Waals surface area contributed by atoms with Crippen LogP contribution >= 0.6 is 0 Å². The monoisotopic (exact) mass is 228 g/mol. The van der Waals surface area contributed by atoms with Crippen molar-refractivity contribution in [2.24, 2.45) is 0 Å². The number of aryl methyl sites for hydroxylation is 1. The van der Waals surface area contributed by atoms with Crippen molar-refractivity contribution in [2.45, 2.75) is 33.2 Å². The van der Waals surface area contributed by atoms with Gasteiger partial charge >= 0.3 is 0 Å². The fraction of sp³-hybridized carbons (Fsp3) is 0.400. The van der Waals surface area contributed by atoms with E-state index < -0.39 is 0 Å². The Hall–Kier alpha value is -1.75. The van der Waals surface area contributed by atoms with Gasteiger partial charge in [0.1, 0.15) is 6.07 Å². The van der Waals surface area contributed by atoms with Crippen LogP contribution in [0, 0.1) is 18.3 Å². The number of nitrogens with zero attached hydrogens (tertiary/aromatic N) is 2. The molecule has 0 aliphatic heterocycles. The van der Waals surface area contributed by atoms with Gasteiger partial charge in [-0.25, -0.2) is 0 Å². The molecule has 0 fully saturated rings. The molecule has 0 radical (unpaired) electrons. The highest BCUT2D eigenvalue weighted by atomic mass is 15.2. The molecule has 0 atom stereocenters. The van der Waals surface area contributed by atoms with Crippen LogP contribution in [0.4, 0.5) is 5.69 Å². The van der Waals surface area contributed by atoms with Gasteiger partial charge in [-0.3, -0.25) is 0 Å². The largest absolute Gasteiger partial charge is 0.362 e. The van der Waals surface area contributed by atoms with Crippen molar-refractivity contribution in [3.8, 4) is 6.07 Å². The maximum atomic E-state index is 9.22. The molecule has 0 saturated carbocycles. The first kappa shape index (κ1) is 13.3. The minimum atomic E-state index is -0.0327. The minimum Gasteiger partial charge on any atom is -0.362 e. The van der Waals surface area contributed by atoms with E-state index in [0.717, 1.165) is 23.4 Å². The van der Waals surface area contributed by atoms with Crippen LogP contribution in [-0.2, 0) is 0 Å². The van der Waals surface area contributed by atoms with Gasteiger partial charge in [-0.05, 0) is 45.4 Å². The summed E-state index contributed by atoms with van der Waals surface area (Å²) < 4.78 is 0. The van der Waals surface area contributed by atoms with E-state index in [0.29, 0.717) is 0 Å². The molecule has 90 valence electrons. The maximum absolute atomic E-state index is 9.22. The zero-order valence-electron chi connectivity index (χ0n) is 11.1. The molecule has 0 saturated heterocycles. The van der Waals surface area contributed by atoms with E-state index in [4.69, 9.17) is 0 Å². The summed E-state index contributed by atoms with van der Waals surface area (Å²) in [4.78, 5) is 2.19. The quantitative estimate of drug-likeness (QED) is 0.738. The van der Waals surface area contributed by atoms with E-state index in [-0.39, 0.29) is 5.54 Å². The summed E-state index contributed by atoms with van der Waals surface area (Å²) in [6.45, 7) is 12.9. The van der Waals surface area contributed by atoms with Crippen molar-refractivity contribution in [1.82, 2.24) is 0 Å². The molecule has 0 amide bonds. The molecule has 0 aliphatic rings. The molecule has 0 heterocycles. The Kier molecular flexibility index (Phi) is 3.96. The molecule has 0 unspecified atom stereocenters. The first-order valence-electron chi connectivity index (χ1n) is 5.79. The van der Waals surface area contributed by atoms with Crippen LogP contribution in [-0.4, -0.2) is 12.1 Å². The van der Waals surface area contributed by atoms with Crippen LogP contribution < -0.4 is 4.90 Å². The van der Waals surface area contributed by atoms with Crippen molar-refractivity contribution < 1.29 is 0 Å². The summed E-state index contributed by atoms with van der Waals surface area (Å²) in [6, 6.07) is 8.26. The Labute approximate surface area is 104 Å². The molecule has 0 bridgehead atoms. The highest BCUT2D eigenvalue weighted by Gasteiger charge is 2.22. The topological polar surface area (TPSA) is 27.0 Å². The number of nitriles is 1. The smallest absolute Gasteiger partial charge is 0.101 e. The molecule has 0 aliphatic carbocycles. The molecule has 17 heavy (non-hydrogen) atoms. The Balaban J connectivity index is 3.29. The summed E-state index contributed by atoms with van der Waals surface area (Å²) in [5.74, 6) is 0. The number of anilines is 1. The molecule has 2 nitrogen and oxygen atoms in total. The van der Waals surface area contributed by atoms with Crippen LogP contribution in [0.1, 0.15) is 31.9 Å². The van der Waals surface area contributed by atoms with Crippen molar-refractivity contribution in [2.75, 3.05) is 11.4 Å². The predicted octanol–water partition coefficient (Wildman–Crippen LogP) is 3.66. The van der Waals surface area contributed by atoms with Gasteiger partial charge in [0.05, 0.1) is 11.3 Å². The van der Waals surface area contributed by atoms with Gasteiger partial charge in [0.25, 0.3) is 0 Å². The van der Waals surface area contributed by atoms with Crippen molar-refractivity contribution in [3.05, 3.63) is 42.0 Å². The summed E-state index contributed by atoms with van der Waals surface area (Å²) in [7, 11) is 0. The molecule has 1 rings (SSSR count). The Morgan fingerprint density at radius 2 is 2.06 bits per heavy atom. The van der Waals surface area contributed by atoms with E-state index in [9.17, 15) is 5.26 Å². The fourth-order valence-electron chi connectivity index (χ4n) is 1.84. The van der Waals surface area contributed by atoms with Crippen LogP contribution in [0.15, 0.2) is 30.9 Å². The lowest BCUT2D eigenvalue weighted by atomic mass is 10.0. The predicted molar refractivity (Wildman–Crippen MR) is 73.2 cm³/mol. The first-order valence-corrected chi connectivity index (χ1v) is 5.79. The lowest BCUT2D eigenvalue weighted by Crippen LogP contribution is -2.42. The molecular weight excluding hydrogens is 208 g/mol. The third kappa shape index (κ3) is 3.10. The van der Waals surface area contributed by atoms with E-state index in [1.165, 1.54) is 0 Å². The second-order valence-electron chi connectivity index (χ2n) is 5.20. The van der Waals surface area contributed by atoms with Crippen LogP contribution in [0.5, 0.6) is 0 Å². The van der Waals surface area contributed by atoms with E-state index >= 15 is 0 Å². The Morgan fingerprint density at radius 1 is 1.41 bits per heavy atom. The molecule has 2 heteroatoms. The Bertz CT molecular complexity index is 447. The van der Waals surface area contributed by atoms with Gasteiger partial charge in [0.2, 0.25) is 0 Å². The normalized spacial score (nSPS) is 10.8. The average Bonchev–Trinajstić information content (AvgIpc) is 2.25. The number of rotatable bonds is 3. The van der Waals surface area contributed by atoms with E-state index in [2.05, 4.69) is 38.3 Å². The zero-order chi connectivity index (χ0) is 13.1. The molecular formula is C15H20N2. The van der Waals surface area contributed by atoms with Crippen molar-refractivity contribution in [1.29, 1.82) is 5.26 Å². The minimum absolute atomic E-state index is 0.0327. The molecule has 1 aromatic carbocycles. The number of benzene rings is 1. The van der Waals surface area contributed by atoms with Crippen LogP contribution in [0.2, 0.25) is 0 Å². The molecule has 0 N–H and O–H groups in total. The number of hydrogen-bond acceptors (Lipinski definition) is 2. The molecule has 0 spiro atoms. The van der Waals surface area contributed by atoms with Gasteiger partial charge < -0.3 is 4.90 Å². The third-order valence-corrected chi connectivity index (χ3v) is 2.68. The zero-order valence-corrected chi connectivity index (χ0v) is 11.1. The highest BCUT2D eigenvalue weighted by Crippen LogP contribution is 2.27. The number of hydrogen-bond donors (Lipinski definition) is 0. The second-order valence-corrected chi connectivity index (χ2v) is 5.20. The second kappa shape index (κ2) is 5.05. The van der Waals surface area contributed by atoms with Gasteiger partial charge in [0, 0.05) is 12.1 Å². The van der Waals surface area contributed by atoms with Gasteiger partial charge in [-0.15, -0.1) is 6.58 Å². The van der Waals surface area contributed by atoms with Gasteiger partial charge in [0.15, 0.2) is 0 Å². The molecule has 0 aromatic heterocycles. The molecule has 1 aromatic rings. The lowest BCUT2D eigenvalue weighted by molar-refractivity contribution is 0.522. The lowest BCUT2D eigenvalue weighted by Gasteiger charge is -2.37. The fourth-order valence-corrected chi connectivity index (χ4v) is 1.84. The van der Waals surface area contributed by atoms with E-state index in [1.807, 2.05) is 31.2 Å². The van der Waals surface area contributed by atoms with Crippen LogP contribution in [0.25, 0.3) is 0 Å². The maximum Gasteiger partial charge on any atom is 0.101 e. The summed E-state index contributed by atoms with van der Waals surface area (Å²) in [6.07, 6.45) is 1.87. The standard InChI is InChI=1S/C15H20N2/c1-6-9-17(15(3,4)5)14-8-7-12(2)10-13(14)11-16/h6-8,10H,1,9H2,2-5H3. The van der Waals surface area contributed by atoms with E-state index in [1.54, 1.807) is 0 Å². The van der Waals surface area contributed by atoms with Gasteiger partial charge in [-0.2, -0.15) is 5.26 Å². The summed E-state index contributed by atoms with van der Waals surface area (Å²) in [5, 5.41) is 9.22. The van der Waals surface area contributed by atoms with Crippen molar-refractivity contribution in [3.63, 3.8) is 0 Å². The summed E-state index contributed by atoms with van der Waals surface area (Å²) in [5.41, 5.74) is 2.78. The van der Waals surface area contributed by atoms with Crippen LogP contribution in [0.3, 0.4) is 0 Å². The van der Waals surface area contributed by atoms with Crippen molar-refractivity contribution >= 4 is 5.69 Å². The Morgan fingerprint density at radius 3 is 2.53 bits per heavy atom. The third-order valence-electron chi connectivity index (χ3n) is 2.68. The highest BCUT2D eigenvalue weighted by molar-refractivity contribution is 5.62. The SMILES string of the molecule is C=CCN(c1ccc(C)cc1C#N)C(C)(C)C. The first-order chi connectivity index (χ1) is 7.90. The average molecular weight is 228 g/mol. The summed E-state index contributed by atoms with van der Waals surface area (Å²) >= 11 is 0. The van der Waals surface area contributed by atoms with Gasteiger partial charge in [-0.1, -0.05) is 12.1 Å².